The summed E-state index contributed by atoms with van der Waals surface area (Å²) in [6.45, 7) is 14.8. The Morgan fingerprint density at radius 2 is 1.32 bits per heavy atom. The topological polar surface area (TPSA) is 6.48 Å². The summed E-state index contributed by atoms with van der Waals surface area (Å²) in [6, 6.07) is 18.2. The summed E-state index contributed by atoms with van der Waals surface area (Å²) < 4.78 is 0. The van der Waals surface area contributed by atoms with Crippen LogP contribution in [0.25, 0.3) is 0 Å². The molecular formula is C23H32N2. The van der Waals surface area contributed by atoms with E-state index in [0.717, 1.165) is 19.8 Å². The lowest BCUT2D eigenvalue weighted by molar-refractivity contribution is 0.265. The van der Waals surface area contributed by atoms with Gasteiger partial charge in [0.1, 0.15) is 0 Å². The SMILES string of the molecule is CC(C)c1cccc(C(C)C)c1N1CCN([C@@H](C)c2ccccc2)C1. The van der Waals surface area contributed by atoms with E-state index in [1.54, 1.807) is 0 Å². The molecule has 1 saturated heterocycles. The van der Waals surface area contributed by atoms with Crippen LogP contribution in [-0.2, 0) is 0 Å². The van der Waals surface area contributed by atoms with Crippen molar-refractivity contribution in [2.45, 2.75) is 52.5 Å². The van der Waals surface area contributed by atoms with E-state index >= 15 is 0 Å². The summed E-state index contributed by atoms with van der Waals surface area (Å²) in [5.41, 5.74) is 5.86. The molecule has 1 aliphatic rings. The number of hydrogen-bond donors (Lipinski definition) is 0. The molecule has 25 heavy (non-hydrogen) atoms. The van der Waals surface area contributed by atoms with E-state index in [1.165, 1.54) is 22.4 Å². The van der Waals surface area contributed by atoms with Gasteiger partial charge in [-0.2, -0.15) is 0 Å². The molecule has 2 heteroatoms. The quantitative estimate of drug-likeness (QED) is 0.683. The van der Waals surface area contributed by atoms with E-state index in [4.69, 9.17) is 0 Å². The van der Waals surface area contributed by atoms with Crippen molar-refractivity contribution >= 4 is 5.69 Å². The van der Waals surface area contributed by atoms with Crippen LogP contribution >= 0.6 is 0 Å². The molecule has 134 valence electrons. The van der Waals surface area contributed by atoms with E-state index in [2.05, 4.69) is 92.9 Å². The van der Waals surface area contributed by atoms with Gasteiger partial charge >= 0.3 is 0 Å². The van der Waals surface area contributed by atoms with Crippen molar-refractivity contribution in [2.75, 3.05) is 24.7 Å². The van der Waals surface area contributed by atoms with Crippen LogP contribution in [0.15, 0.2) is 48.5 Å². The van der Waals surface area contributed by atoms with Crippen LogP contribution in [0.4, 0.5) is 5.69 Å². The molecule has 0 bridgehead atoms. The van der Waals surface area contributed by atoms with Crippen molar-refractivity contribution < 1.29 is 0 Å². The summed E-state index contributed by atoms with van der Waals surface area (Å²) in [6.07, 6.45) is 0. The lowest BCUT2D eigenvalue weighted by Crippen LogP contribution is -2.29. The van der Waals surface area contributed by atoms with E-state index < -0.39 is 0 Å². The maximum absolute atomic E-state index is 2.60. The minimum atomic E-state index is 0.458. The van der Waals surface area contributed by atoms with Crippen molar-refractivity contribution in [3.05, 3.63) is 65.2 Å². The second-order valence-corrected chi connectivity index (χ2v) is 7.90. The highest BCUT2D eigenvalue weighted by Crippen LogP contribution is 2.37. The number of anilines is 1. The van der Waals surface area contributed by atoms with Gasteiger partial charge in [-0.25, -0.2) is 0 Å². The summed E-state index contributed by atoms with van der Waals surface area (Å²) >= 11 is 0. The van der Waals surface area contributed by atoms with E-state index in [-0.39, 0.29) is 0 Å². The lowest BCUT2D eigenvalue weighted by atomic mass is 9.92. The van der Waals surface area contributed by atoms with Crippen molar-refractivity contribution in [3.63, 3.8) is 0 Å². The Bertz CT molecular complexity index is 664. The van der Waals surface area contributed by atoms with Crippen molar-refractivity contribution in [3.8, 4) is 0 Å². The lowest BCUT2D eigenvalue weighted by Gasteiger charge is -2.30. The maximum atomic E-state index is 2.60. The fourth-order valence-electron chi connectivity index (χ4n) is 3.93. The van der Waals surface area contributed by atoms with Gasteiger partial charge in [-0.15, -0.1) is 0 Å². The molecule has 3 rings (SSSR count). The third kappa shape index (κ3) is 3.74. The molecule has 0 radical (unpaired) electrons. The minimum absolute atomic E-state index is 0.458. The molecule has 2 aromatic carbocycles. The summed E-state index contributed by atoms with van der Waals surface area (Å²) in [7, 11) is 0. The van der Waals surface area contributed by atoms with Crippen LogP contribution in [0.1, 0.15) is 69.2 Å². The second-order valence-electron chi connectivity index (χ2n) is 7.90. The van der Waals surface area contributed by atoms with Crippen LogP contribution < -0.4 is 4.90 Å². The highest BCUT2D eigenvalue weighted by molar-refractivity contribution is 5.62. The number of rotatable bonds is 5. The van der Waals surface area contributed by atoms with Crippen LogP contribution in [0, 0.1) is 0 Å². The third-order valence-corrected chi connectivity index (χ3v) is 5.50. The van der Waals surface area contributed by atoms with Crippen LogP contribution in [0.2, 0.25) is 0 Å². The molecule has 0 aromatic heterocycles. The van der Waals surface area contributed by atoms with Gasteiger partial charge in [0.2, 0.25) is 0 Å². The minimum Gasteiger partial charge on any atom is -0.357 e. The largest absolute Gasteiger partial charge is 0.357 e. The van der Waals surface area contributed by atoms with Crippen LogP contribution in [-0.4, -0.2) is 24.7 Å². The first-order valence-electron chi connectivity index (χ1n) is 9.65. The summed E-state index contributed by atoms with van der Waals surface area (Å²) in [5, 5.41) is 0. The van der Waals surface area contributed by atoms with Gasteiger partial charge in [-0.1, -0.05) is 76.2 Å². The third-order valence-electron chi connectivity index (χ3n) is 5.50. The second kappa shape index (κ2) is 7.61. The van der Waals surface area contributed by atoms with Gasteiger partial charge in [0.05, 0.1) is 6.67 Å². The van der Waals surface area contributed by atoms with E-state index in [1.807, 2.05) is 0 Å². The zero-order valence-corrected chi connectivity index (χ0v) is 16.4. The zero-order chi connectivity index (χ0) is 18.0. The predicted octanol–water partition coefficient (Wildman–Crippen LogP) is 5.77. The highest BCUT2D eigenvalue weighted by Gasteiger charge is 2.28. The van der Waals surface area contributed by atoms with Crippen molar-refractivity contribution in [2.24, 2.45) is 0 Å². The first-order chi connectivity index (χ1) is 12.0. The molecule has 1 heterocycles. The fourth-order valence-corrected chi connectivity index (χ4v) is 3.93. The average molecular weight is 337 g/mol. The van der Waals surface area contributed by atoms with Crippen LogP contribution in [0.3, 0.4) is 0 Å². The Morgan fingerprint density at radius 3 is 1.88 bits per heavy atom. The van der Waals surface area contributed by atoms with Gasteiger partial charge in [-0.3, -0.25) is 4.90 Å². The number of para-hydroxylation sites is 1. The number of nitrogens with zero attached hydrogens (tertiary/aromatic N) is 2. The van der Waals surface area contributed by atoms with Crippen LogP contribution in [0.5, 0.6) is 0 Å². The molecule has 1 aliphatic heterocycles. The normalized spacial score (nSPS) is 16.8. The zero-order valence-electron chi connectivity index (χ0n) is 16.4. The monoisotopic (exact) mass is 336 g/mol. The first kappa shape index (κ1) is 18.0. The van der Waals surface area contributed by atoms with Gasteiger partial charge in [-0.05, 0) is 35.4 Å². The Labute approximate surface area is 153 Å². The Morgan fingerprint density at radius 1 is 0.720 bits per heavy atom. The molecular weight excluding hydrogens is 304 g/mol. The van der Waals surface area contributed by atoms with Gasteiger partial charge in [0, 0.05) is 24.8 Å². The molecule has 1 atom stereocenters. The van der Waals surface area contributed by atoms with Gasteiger partial charge in [0.15, 0.2) is 0 Å². The Balaban J connectivity index is 1.87. The molecule has 0 N–H and O–H groups in total. The average Bonchev–Trinajstić information content (AvgIpc) is 3.10. The Kier molecular flexibility index (Phi) is 5.48. The first-order valence-corrected chi connectivity index (χ1v) is 9.65. The molecule has 0 spiro atoms. The highest BCUT2D eigenvalue weighted by atomic mass is 15.4. The van der Waals surface area contributed by atoms with Crippen molar-refractivity contribution in [1.82, 2.24) is 4.90 Å². The fraction of sp³-hybridized carbons (Fsp3) is 0.478. The standard InChI is InChI=1S/C23H32N2/c1-17(2)21-12-9-13-22(18(3)4)23(21)25-15-14-24(16-25)19(5)20-10-7-6-8-11-20/h6-13,17-19H,14-16H2,1-5H3/t19-/m0/s1. The molecule has 0 saturated carbocycles. The molecule has 0 unspecified atom stereocenters. The Hall–Kier alpha value is -1.80. The molecule has 2 nitrogen and oxygen atoms in total. The molecule has 2 aromatic rings. The molecule has 0 amide bonds. The summed E-state index contributed by atoms with van der Waals surface area (Å²) in [4.78, 5) is 5.20. The maximum Gasteiger partial charge on any atom is 0.0713 e. The summed E-state index contributed by atoms with van der Waals surface area (Å²) in [5.74, 6) is 1.10. The molecule has 0 aliphatic carbocycles. The smallest absolute Gasteiger partial charge is 0.0713 e. The van der Waals surface area contributed by atoms with E-state index in [9.17, 15) is 0 Å². The molecule has 1 fully saturated rings. The van der Waals surface area contributed by atoms with Crippen molar-refractivity contribution in [1.29, 1.82) is 0 Å². The number of benzene rings is 2. The number of hydrogen-bond acceptors (Lipinski definition) is 2. The van der Waals surface area contributed by atoms with Gasteiger partial charge < -0.3 is 4.90 Å². The van der Waals surface area contributed by atoms with E-state index in [0.29, 0.717) is 17.9 Å². The predicted molar refractivity (Wildman–Crippen MR) is 108 cm³/mol. The van der Waals surface area contributed by atoms with Gasteiger partial charge in [0.25, 0.3) is 0 Å².